The lowest BCUT2D eigenvalue weighted by molar-refractivity contribution is -0.143. The Hall–Kier alpha value is -6.92. The van der Waals surface area contributed by atoms with Gasteiger partial charge in [-0.1, -0.05) is 55.5 Å². The molecule has 0 saturated carbocycles. The van der Waals surface area contributed by atoms with Gasteiger partial charge >= 0.3 is 0 Å². The first-order valence-corrected chi connectivity index (χ1v) is 32.3. The summed E-state index contributed by atoms with van der Waals surface area (Å²) >= 11 is 1.51. The summed E-state index contributed by atoms with van der Waals surface area (Å²) in [5, 5.41) is 22.0. The molecule has 3 aliphatic heterocycles. The molecule has 9 rings (SSSR count). The molecule has 4 N–H and O–H groups in total. The van der Waals surface area contributed by atoms with E-state index in [0.717, 1.165) is 21.7 Å². The Kier molecular flexibility index (Phi) is 21.9. The lowest BCUT2D eigenvalue weighted by atomic mass is 10.0. The number of nitrogens with one attached hydrogen (secondary N) is 1. The average molecular weight is 1240 g/mol. The highest BCUT2D eigenvalue weighted by Gasteiger charge is 2.46. The molecule has 4 aromatic carbocycles. The third-order valence-corrected chi connectivity index (χ3v) is 19.7. The van der Waals surface area contributed by atoms with Gasteiger partial charge in [-0.05, 0) is 85.0 Å². The van der Waals surface area contributed by atoms with Gasteiger partial charge in [-0.15, -0.1) is 16.4 Å². The molecule has 2 saturated heterocycles. The van der Waals surface area contributed by atoms with Crippen molar-refractivity contribution in [3.05, 3.63) is 131 Å². The van der Waals surface area contributed by atoms with Crippen LogP contribution in [0.3, 0.4) is 0 Å². The minimum atomic E-state index is -3.90. The number of thiazole rings is 1. The molecule has 24 nitrogen and oxygen atoms in total. The molecule has 0 spiro atoms. The van der Waals surface area contributed by atoms with Gasteiger partial charge < -0.3 is 54.4 Å². The maximum atomic E-state index is 14.3. The number of aromatic nitrogens is 4. The molecule has 5 heterocycles. The van der Waals surface area contributed by atoms with E-state index < -0.39 is 44.1 Å². The third kappa shape index (κ3) is 16.0. The SMILES string of the molecule is Cc1ncsc1-c1ccc(CNC(=O)[C@@H]2C[C@@H](O)CN2C(=O)[C@H](C(C)C)N2Cc3ccccc3C2=O)c(OCCOCCOCCOCCOCCn2cc(COc3ccc(S(=O)(=O)N4CCCN(S(=O)(=O)c5cccc(N)c5)CC4)cc3)nn2)c1. The lowest BCUT2D eigenvalue weighted by Gasteiger charge is -2.35. The van der Waals surface area contributed by atoms with Gasteiger partial charge in [-0.3, -0.25) is 14.4 Å². The van der Waals surface area contributed by atoms with Gasteiger partial charge in [0.2, 0.25) is 31.9 Å². The van der Waals surface area contributed by atoms with Crippen LogP contribution in [0.2, 0.25) is 0 Å². The standard InChI is InChI=1S/C59H74N10O14S3/c1-41(2)55(69-36-45-8-4-5-11-52(45)58(69)72)59(73)68-38-48(70)34-53(68)57(71)61-35-44-13-12-43(56-42(3)62-40-84-56)32-54(44)82-31-30-81-29-28-80-27-26-79-25-24-78-23-22-65-37-47(63-64-65)39-83-49-14-16-50(17-15-49)85(74,75)66-18-7-19-67(21-20-66)86(76,77)51-10-6-9-46(60)33-51/h4-6,8-17,32-33,37,40-41,48,53,55,70H,7,18-31,34-36,38-39,60H2,1-3H3,(H,61,71)/t48-,53+,55+/m1/s1. The third-order valence-electron chi connectivity index (χ3n) is 14.9. The first-order valence-electron chi connectivity index (χ1n) is 28.6. The van der Waals surface area contributed by atoms with E-state index in [9.17, 15) is 36.3 Å². The molecule has 27 heteroatoms. The number of carbonyl (C=O) groups is 3. The van der Waals surface area contributed by atoms with Crippen LogP contribution in [0.5, 0.6) is 11.5 Å². The van der Waals surface area contributed by atoms with Crippen LogP contribution in [-0.4, -0.2) is 188 Å². The fourth-order valence-electron chi connectivity index (χ4n) is 10.4. The molecule has 462 valence electrons. The zero-order valence-electron chi connectivity index (χ0n) is 48.4. The zero-order valence-corrected chi connectivity index (χ0v) is 50.9. The Bertz CT molecular complexity index is 3490. The highest BCUT2D eigenvalue weighted by atomic mass is 32.2. The van der Waals surface area contributed by atoms with Crippen LogP contribution in [0, 0.1) is 12.8 Å². The van der Waals surface area contributed by atoms with E-state index in [1.165, 1.54) is 49.1 Å². The van der Waals surface area contributed by atoms with Crippen molar-refractivity contribution >= 4 is 54.8 Å². The second-order valence-electron chi connectivity index (χ2n) is 21.2. The van der Waals surface area contributed by atoms with Crippen LogP contribution in [0.25, 0.3) is 10.4 Å². The number of likely N-dealkylation sites (tertiary alicyclic amines) is 1. The van der Waals surface area contributed by atoms with Crippen molar-refractivity contribution < 1.29 is 64.7 Å². The lowest BCUT2D eigenvalue weighted by Crippen LogP contribution is -2.55. The van der Waals surface area contributed by atoms with Gasteiger partial charge in [0.1, 0.15) is 42.5 Å². The van der Waals surface area contributed by atoms with E-state index in [1.54, 1.807) is 57.7 Å². The van der Waals surface area contributed by atoms with Crippen molar-refractivity contribution in [3.63, 3.8) is 0 Å². The normalized spacial score (nSPS) is 17.2. The van der Waals surface area contributed by atoms with E-state index in [2.05, 4.69) is 20.6 Å². The summed E-state index contributed by atoms with van der Waals surface area (Å²) in [4.78, 5) is 50.2. The topological polar surface area (TPSA) is 290 Å². The average Bonchev–Trinajstić information content (AvgIpc) is 2.76. The number of amides is 3. The smallest absolute Gasteiger partial charge is 0.255 e. The summed E-state index contributed by atoms with van der Waals surface area (Å²) in [6, 6.07) is 23.4. The Labute approximate surface area is 505 Å². The maximum Gasteiger partial charge on any atom is 0.255 e. The second-order valence-corrected chi connectivity index (χ2v) is 26.0. The molecule has 2 aromatic heterocycles. The molecular weight excluding hydrogens is 1170 g/mol. The Balaban J connectivity index is 0.627. The zero-order chi connectivity index (χ0) is 60.8. The molecule has 0 unspecified atom stereocenters. The number of rotatable bonds is 30. The molecule has 3 atom stereocenters. The molecule has 2 fully saturated rings. The molecule has 6 aromatic rings. The van der Waals surface area contributed by atoms with Gasteiger partial charge in [0, 0.05) is 69.0 Å². The van der Waals surface area contributed by atoms with E-state index in [-0.39, 0.29) is 93.0 Å². The highest BCUT2D eigenvalue weighted by molar-refractivity contribution is 7.89. The van der Waals surface area contributed by atoms with Gasteiger partial charge in [-0.25, -0.2) is 26.5 Å². The van der Waals surface area contributed by atoms with E-state index >= 15 is 0 Å². The van der Waals surface area contributed by atoms with Crippen LogP contribution in [0.4, 0.5) is 5.69 Å². The Morgan fingerprint density at radius 1 is 0.791 bits per heavy atom. The number of anilines is 1. The van der Waals surface area contributed by atoms with Crippen molar-refractivity contribution in [1.82, 2.24) is 43.7 Å². The number of benzene rings is 4. The number of carbonyl (C=O) groups excluding carboxylic acids is 3. The first kappa shape index (κ1) is 63.6. The number of hydrogen-bond acceptors (Lipinski definition) is 19. The van der Waals surface area contributed by atoms with Crippen LogP contribution < -0.4 is 20.5 Å². The second kappa shape index (κ2) is 29.7. The summed E-state index contributed by atoms with van der Waals surface area (Å²) < 4.78 is 92.8. The molecule has 3 aliphatic rings. The van der Waals surface area contributed by atoms with Gasteiger partial charge in [0.05, 0.1) is 97.6 Å². The monoisotopic (exact) mass is 1240 g/mol. The number of hydrogen-bond donors (Lipinski definition) is 3. The predicted molar refractivity (Wildman–Crippen MR) is 318 cm³/mol. The molecule has 0 radical (unpaired) electrons. The highest BCUT2D eigenvalue weighted by Crippen LogP contribution is 2.34. The van der Waals surface area contributed by atoms with Crippen molar-refractivity contribution in [1.29, 1.82) is 0 Å². The summed E-state index contributed by atoms with van der Waals surface area (Å²) in [5.41, 5.74) is 12.4. The Morgan fingerprint density at radius 3 is 2.13 bits per heavy atom. The molecule has 0 aliphatic carbocycles. The summed E-state index contributed by atoms with van der Waals surface area (Å²) in [7, 11) is -7.74. The molecule has 0 bridgehead atoms. The minimum Gasteiger partial charge on any atom is -0.491 e. The maximum absolute atomic E-state index is 14.3. The van der Waals surface area contributed by atoms with Crippen LogP contribution in [0.15, 0.2) is 112 Å². The number of nitrogen functional groups attached to an aromatic ring is 1. The fourth-order valence-corrected chi connectivity index (χ4v) is 14.2. The fraction of sp³-hybridized carbons (Fsp3) is 0.458. The number of β-amino-alcohol motifs (C(OH)–C–C–N with tert-alkyl or cyclic N) is 1. The largest absolute Gasteiger partial charge is 0.491 e. The summed E-state index contributed by atoms with van der Waals surface area (Å²) in [6.07, 6.45) is 1.24. The van der Waals surface area contributed by atoms with Crippen molar-refractivity contribution in [2.45, 2.75) is 87.8 Å². The number of ether oxygens (including phenoxy) is 6. The van der Waals surface area contributed by atoms with Crippen molar-refractivity contribution in [2.24, 2.45) is 5.92 Å². The number of aliphatic hydroxyl groups excluding tert-OH is 1. The van der Waals surface area contributed by atoms with Crippen LogP contribution in [-0.2, 0) is 74.8 Å². The van der Waals surface area contributed by atoms with Crippen LogP contribution >= 0.6 is 11.3 Å². The van der Waals surface area contributed by atoms with Crippen molar-refractivity contribution in [3.8, 4) is 21.9 Å². The predicted octanol–water partition coefficient (Wildman–Crippen LogP) is 4.36. The molecule has 3 amide bonds. The summed E-state index contributed by atoms with van der Waals surface area (Å²) in [5.74, 6) is -0.266. The minimum absolute atomic E-state index is 0.00210. The number of nitrogens with two attached hydrogens (primary N) is 1. The van der Waals surface area contributed by atoms with E-state index in [4.69, 9.17) is 34.2 Å². The van der Waals surface area contributed by atoms with E-state index in [0.29, 0.717) is 99.8 Å². The number of aryl methyl sites for hydroxylation is 1. The summed E-state index contributed by atoms with van der Waals surface area (Å²) in [6.45, 7) is 9.98. The van der Waals surface area contributed by atoms with Gasteiger partial charge in [0.15, 0.2) is 0 Å². The molecular formula is C59H74N10O14S3. The number of fused-ring (bicyclic) bond motifs is 1. The first-order chi connectivity index (χ1) is 41.5. The Morgan fingerprint density at radius 2 is 1.47 bits per heavy atom. The number of aliphatic hydroxyl groups is 1. The van der Waals surface area contributed by atoms with Gasteiger partial charge in [-0.2, -0.15) is 8.61 Å². The van der Waals surface area contributed by atoms with Crippen molar-refractivity contribution in [2.75, 3.05) is 97.9 Å². The number of nitrogens with zero attached hydrogens (tertiary/aromatic N) is 8. The van der Waals surface area contributed by atoms with Crippen LogP contribution in [0.1, 0.15) is 59.6 Å². The van der Waals surface area contributed by atoms with E-state index in [1.807, 2.05) is 51.1 Å². The quantitative estimate of drug-likeness (QED) is 0.0417. The van der Waals surface area contributed by atoms with Gasteiger partial charge in [0.25, 0.3) is 5.91 Å². The molecule has 86 heavy (non-hydrogen) atoms. The number of sulfonamides is 2.